The summed E-state index contributed by atoms with van der Waals surface area (Å²) in [5.74, 6) is -4.79. The molecule has 4 aliphatic carbocycles. The number of carboxylic acid groups (broad SMARTS) is 3. The molecule has 0 aromatic carbocycles. The average Bonchev–Trinajstić information content (AvgIpc) is 3.51. The molecule has 17 nitrogen and oxygen atoms in total. The monoisotopic (exact) mass is 826 g/mol. The van der Waals surface area contributed by atoms with Crippen LogP contribution in [0.2, 0.25) is 0 Å². The van der Waals surface area contributed by atoms with Crippen LogP contribution in [-0.2, 0) is 38.1 Å². The first kappa shape index (κ1) is 45.0. The molecule has 6 aliphatic rings. The van der Waals surface area contributed by atoms with Crippen LogP contribution in [0.3, 0.4) is 0 Å². The van der Waals surface area contributed by atoms with Crippen molar-refractivity contribution in [1.29, 1.82) is 0 Å². The van der Waals surface area contributed by atoms with Gasteiger partial charge in [0.2, 0.25) is 0 Å². The number of allylic oxidation sites excluding steroid dienone is 2. The maximum atomic E-state index is 13.6. The van der Waals surface area contributed by atoms with Crippen LogP contribution < -0.4 is 0 Å². The lowest BCUT2D eigenvalue weighted by Crippen LogP contribution is -2.68. The van der Waals surface area contributed by atoms with Crippen molar-refractivity contribution >= 4 is 23.7 Å². The molecule has 17 unspecified atom stereocenters. The number of hydrogen-bond acceptors (Lipinski definition) is 14. The zero-order valence-corrected chi connectivity index (χ0v) is 33.8. The number of Topliss-reactive ketones (excluding diaryl/α,β-unsaturated/α-hetero) is 1. The Labute approximate surface area is 337 Å². The Bertz CT molecular complexity index is 1600. The first-order valence-electron chi connectivity index (χ1n) is 20.7. The second-order valence-corrected chi connectivity index (χ2v) is 18.8. The van der Waals surface area contributed by atoms with Crippen molar-refractivity contribution in [3.8, 4) is 0 Å². The highest BCUT2D eigenvalue weighted by atomic mass is 16.8. The smallest absolute Gasteiger partial charge is 0.335 e. The summed E-state index contributed by atoms with van der Waals surface area (Å²) in [5, 5.41) is 94.8. The minimum Gasteiger partial charge on any atom is -0.480 e. The summed E-state index contributed by atoms with van der Waals surface area (Å²) in [7, 11) is 0. The maximum Gasteiger partial charge on any atom is 0.335 e. The number of aliphatic hydroxyl groups excluding tert-OH is 6. The van der Waals surface area contributed by atoms with Crippen molar-refractivity contribution in [3.05, 3.63) is 11.1 Å². The van der Waals surface area contributed by atoms with Gasteiger partial charge in [0, 0.05) is 12.8 Å². The number of aliphatic hydroxyl groups is 6. The molecule has 0 spiro atoms. The molecule has 17 heteroatoms. The highest BCUT2D eigenvalue weighted by Crippen LogP contribution is 2.68. The normalized spacial score (nSPS) is 44.2. The van der Waals surface area contributed by atoms with Crippen LogP contribution in [-0.4, -0.2) is 144 Å². The standard InChI is InChI=1S/C41H62O17/c1-17(2)14-19(43)15-18(3)21-7-8-22-20-6-9-25-40(5,23(20)10-12-39(21,22)4)13-11-26(41(25,37(51)52)38(53)54)56-36-33(30(47)29(46)32(57-36)34(49)50)58-35-31(48)28(45)27(44)24(16-42)55-35/h17-18,21-22,24-33,35-36,42,44-48H,6-16H2,1-5H3,(H,49,50)(H,51,52)(H,53,54). The topological polar surface area (TPSA) is 287 Å². The molecule has 0 aromatic heterocycles. The summed E-state index contributed by atoms with van der Waals surface area (Å²) in [6, 6.07) is 0. The van der Waals surface area contributed by atoms with Crippen molar-refractivity contribution in [1.82, 2.24) is 0 Å². The van der Waals surface area contributed by atoms with Crippen LogP contribution in [0, 0.1) is 45.8 Å². The number of ketones is 1. The molecule has 2 heterocycles. The molecule has 17 atom stereocenters. The molecule has 328 valence electrons. The summed E-state index contributed by atoms with van der Waals surface area (Å²) in [6.45, 7) is 9.64. The van der Waals surface area contributed by atoms with Crippen LogP contribution in [0.1, 0.15) is 98.8 Å². The van der Waals surface area contributed by atoms with Gasteiger partial charge in [-0.2, -0.15) is 0 Å². The number of carbonyl (C=O) groups excluding carboxylic acids is 1. The molecule has 2 aliphatic heterocycles. The molecule has 0 amide bonds. The molecule has 6 rings (SSSR count). The summed E-state index contributed by atoms with van der Waals surface area (Å²) in [6.07, 6.45) is -16.0. The van der Waals surface area contributed by atoms with E-state index in [-0.39, 0.29) is 41.8 Å². The predicted molar refractivity (Wildman–Crippen MR) is 198 cm³/mol. The van der Waals surface area contributed by atoms with Crippen LogP contribution in [0.4, 0.5) is 0 Å². The minimum atomic E-state index is -2.60. The fourth-order valence-electron chi connectivity index (χ4n) is 12.3. The predicted octanol–water partition coefficient (Wildman–Crippen LogP) is 1.22. The van der Waals surface area contributed by atoms with Crippen molar-refractivity contribution in [2.45, 2.75) is 166 Å². The lowest BCUT2D eigenvalue weighted by molar-refractivity contribution is -0.372. The Morgan fingerprint density at radius 3 is 2.03 bits per heavy atom. The molecular formula is C41H62O17. The molecule has 2 saturated carbocycles. The van der Waals surface area contributed by atoms with Crippen LogP contribution in [0.25, 0.3) is 0 Å². The van der Waals surface area contributed by atoms with Gasteiger partial charge in [-0.3, -0.25) is 14.4 Å². The second kappa shape index (κ2) is 16.7. The van der Waals surface area contributed by atoms with Crippen LogP contribution in [0.5, 0.6) is 0 Å². The molecular weight excluding hydrogens is 764 g/mol. The second-order valence-electron chi connectivity index (χ2n) is 18.8. The van der Waals surface area contributed by atoms with E-state index in [1.165, 1.54) is 5.57 Å². The average molecular weight is 827 g/mol. The van der Waals surface area contributed by atoms with Crippen LogP contribution in [0.15, 0.2) is 11.1 Å². The van der Waals surface area contributed by atoms with Gasteiger partial charge in [0.15, 0.2) is 24.1 Å². The van der Waals surface area contributed by atoms with E-state index >= 15 is 0 Å². The van der Waals surface area contributed by atoms with Gasteiger partial charge >= 0.3 is 17.9 Å². The Morgan fingerprint density at radius 2 is 1.43 bits per heavy atom. The van der Waals surface area contributed by atoms with E-state index in [1.807, 2.05) is 20.8 Å². The van der Waals surface area contributed by atoms with Gasteiger partial charge in [0.1, 0.15) is 48.5 Å². The van der Waals surface area contributed by atoms with Gasteiger partial charge in [-0.1, -0.05) is 45.8 Å². The highest BCUT2D eigenvalue weighted by Gasteiger charge is 2.70. The highest BCUT2D eigenvalue weighted by molar-refractivity contribution is 6.00. The molecule has 58 heavy (non-hydrogen) atoms. The van der Waals surface area contributed by atoms with Crippen molar-refractivity contribution in [2.75, 3.05) is 6.61 Å². The number of hydrogen-bond donors (Lipinski definition) is 9. The van der Waals surface area contributed by atoms with Gasteiger partial charge < -0.3 is 64.9 Å². The Hall–Kier alpha value is -2.58. The number of carboxylic acids is 3. The number of aliphatic carboxylic acids is 3. The molecule has 9 N–H and O–H groups in total. The van der Waals surface area contributed by atoms with Crippen molar-refractivity contribution in [2.24, 2.45) is 45.8 Å². The Kier molecular flexibility index (Phi) is 12.9. The number of ether oxygens (including phenoxy) is 4. The van der Waals surface area contributed by atoms with E-state index in [2.05, 4.69) is 13.8 Å². The van der Waals surface area contributed by atoms with Crippen molar-refractivity contribution < 1.29 is 84.1 Å². The van der Waals surface area contributed by atoms with E-state index < -0.39 is 109 Å². The lowest BCUT2D eigenvalue weighted by Gasteiger charge is -2.59. The van der Waals surface area contributed by atoms with E-state index in [9.17, 15) is 65.1 Å². The zero-order chi connectivity index (χ0) is 42.8. The van der Waals surface area contributed by atoms with Gasteiger partial charge in [0.05, 0.1) is 12.7 Å². The summed E-state index contributed by atoms with van der Waals surface area (Å²) in [5.41, 5.74) is -1.22. The van der Waals surface area contributed by atoms with E-state index in [0.717, 1.165) is 24.8 Å². The summed E-state index contributed by atoms with van der Waals surface area (Å²) < 4.78 is 22.9. The van der Waals surface area contributed by atoms with E-state index in [0.29, 0.717) is 38.0 Å². The van der Waals surface area contributed by atoms with Crippen molar-refractivity contribution in [3.63, 3.8) is 0 Å². The number of carbonyl (C=O) groups is 4. The maximum absolute atomic E-state index is 13.6. The molecule has 2 saturated heterocycles. The third-order valence-electron chi connectivity index (χ3n) is 15.1. The molecule has 0 radical (unpaired) electrons. The number of rotatable bonds is 13. The first-order chi connectivity index (χ1) is 27.1. The summed E-state index contributed by atoms with van der Waals surface area (Å²) in [4.78, 5) is 52.2. The fraction of sp³-hybridized carbons (Fsp3) is 0.854. The largest absolute Gasteiger partial charge is 0.480 e. The quantitative estimate of drug-likeness (QED) is 0.0932. The van der Waals surface area contributed by atoms with Crippen LogP contribution >= 0.6 is 0 Å². The van der Waals surface area contributed by atoms with Gasteiger partial charge in [-0.25, -0.2) is 4.79 Å². The third-order valence-corrected chi connectivity index (χ3v) is 15.1. The van der Waals surface area contributed by atoms with Gasteiger partial charge in [-0.15, -0.1) is 0 Å². The number of fused-ring (bicyclic) bond motifs is 4. The Morgan fingerprint density at radius 1 is 0.759 bits per heavy atom. The summed E-state index contributed by atoms with van der Waals surface area (Å²) >= 11 is 0. The first-order valence-corrected chi connectivity index (χ1v) is 20.7. The zero-order valence-electron chi connectivity index (χ0n) is 33.8. The Balaban J connectivity index is 1.31. The molecule has 0 bridgehead atoms. The van der Waals surface area contributed by atoms with Gasteiger partial charge in [0.25, 0.3) is 0 Å². The SMILES string of the molecule is CC(C)CC(=O)CC(C)C1CCC2C3=C(CCC21C)C1(C)CCC(OC2OC(C(=O)O)C(O)C(O)C2OC2OC(CO)C(O)C(O)C2O)C(C(=O)O)(C(=O)O)C1CC3. The fourth-order valence-corrected chi connectivity index (χ4v) is 12.3. The molecule has 4 fully saturated rings. The van der Waals surface area contributed by atoms with E-state index in [4.69, 9.17) is 18.9 Å². The van der Waals surface area contributed by atoms with Gasteiger partial charge in [-0.05, 0) is 91.8 Å². The van der Waals surface area contributed by atoms with E-state index in [1.54, 1.807) is 0 Å². The molecule has 0 aromatic rings. The lowest BCUT2D eigenvalue weighted by atomic mass is 9.45. The third kappa shape index (κ3) is 7.34. The minimum absolute atomic E-state index is 0.0725.